The predicted molar refractivity (Wildman–Crippen MR) is 180 cm³/mol. The Morgan fingerprint density at radius 3 is 1.76 bits per heavy atom. The van der Waals surface area contributed by atoms with Crippen LogP contribution in [-0.2, 0) is 12.4 Å². The molecule has 9 heteroatoms. The lowest BCUT2D eigenvalue weighted by Crippen LogP contribution is -2.11. The van der Waals surface area contributed by atoms with Crippen LogP contribution in [0.25, 0.3) is 76.9 Å². The highest BCUT2D eigenvalue weighted by molar-refractivity contribution is 6.14. The van der Waals surface area contributed by atoms with E-state index in [4.69, 9.17) is 4.98 Å². The van der Waals surface area contributed by atoms with Gasteiger partial charge in [0.2, 0.25) is 0 Å². The standard InChI is InChI=1S/C40H22F6N2O/c41-39(42,43)27-18-26(19-28(21-27)40(44,45)46)31-15-13-22-6-1-3-9-29(22)34(31)35-30-10-4-2-7-25(30)20-32(38(35)49)33-16-14-24-12-11-23-8-5-17-47-36(23)37(24)48-33/h1-21,49H. The molecular formula is C40H22F6N2O. The largest absolute Gasteiger partial charge is 0.507 e. The van der Waals surface area contributed by atoms with Gasteiger partial charge in [-0.1, -0.05) is 84.9 Å². The van der Waals surface area contributed by atoms with Crippen molar-refractivity contribution in [2.45, 2.75) is 12.4 Å². The molecule has 6 aromatic carbocycles. The molecule has 0 bridgehead atoms. The summed E-state index contributed by atoms with van der Waals surface area (Å²) in [5.41, 5.74) is -0.493. The van der Waals surface area contributed by atoms with Crippen LogP contribution in [0.1, 0.15) is 11.1 Å². The van der Waals surface area contributed by atoms with Crippen LogP contribution in [0.4, 0.5) is 26.3 Å². The third kappa shape index (κ3) is 5.18. The molecular weight excluding hydrogens is 638 g/mol. The highest BCUT2D eigenvalue weighted by Gasteiger charge is 2.37. The minimum Gasteiger partial charge on any atom is -0.507 e. The van der Waals surface area contributed by atoms with Crippen LogP contribution in [0, 0.1) is 0 Å². The van der Waals surface area contributed by atoms with Crippen molar-refractivity contribution in [2.75, 3.05) is 0 Å². The molecule has 0 unspecified atom stereocenters. The molecule has 0 radical (unpaired) electrons. The van der Waals surface area contributed by atoms with Crippen molar-refractivity contribution in [2.24, 2.45) is 0 Å². The summed E-state index contributed by atoms with van der Waals surface area (Å²) in [6.45, 7) is 0. The van der Waals surface area contributed by atoms with Gasteiger partial charge in [-0.2, -0.15) is 26.3 Å². The summed E-state index contributed by atoms with van der Waals surface area (Å²) in [6.07, 6.45) is -8.41. The van der Waals surface area contributed by atoms with Crippen molar-refractivity contribution in [1.29, 1.82) is 0 Å². The highest BCUT2D eigenvalue weighted by Crippen LogP contribution is 2.50. The smallest absolute Gasteiger partial charge is 0.416 e. The molecule has 0 aliphatic rings. The van der Waals surface area contributed by atoms with E-state index in [1.807, 2.05) is 42.5 Å². The van der Waals surface area contributed by atoms with Crippen molar-refractivity contribution in [3.8, 4) is 39.3 Å². The van der Waals surface area contributed by atoms with Gasteiger partial charge in [0.05, 0.1) is 27.9 Å². The Bertz CT molecular complexity index is 2580. The molecule has 0 aliphatic carbocycles. The SMILES string of the molecule is Oc1c(-c2ccc3ccc4cccnc4c3n2)cc2ccccc2c1-c1c(-c2cc(C(F)(F)F)cc(C(F)(F)F)c2)ccc2ccccc12. The zero-order valence-corrected chi connectivity index (χ0v) is 25.2. The molecule has 1 N–H and O–H groups in total. The van der Waals surface area contributed by atoms with E-state index >= 15 is 0 Å². The molecule has 0 saturated heterocycles. The van der Waals surface area contributed by atoms with E-state index in [0.29, 0.717) is 43.8 Å². The number of aromatic nitrogens is 2. The van der Waals surface area contributed by atoms with Crippen molar-refractivity contribution in [1.82, 2.24) is 9.97 Å². The van der Waals surface area contributed by atoms with E-state index in [-0.39, 0.29) is 34.1 Å². The van der Waals surface area contributed by atoms with Crippen molar-refractivity contribution in [3.05, 3.63) is 139 Å². The Morgan fingerprint density at radius 2 is 1.06 bits per heavy atom. The fraction of sp³-hybridized carbons (Fsp3) is 0.0500. The summed E-state index contributed by atoms with van der Waals surface area (Å²) >= 11 is 0. The third-order valence-corrected chi connectivity index (χ3v) is 8.81. The number of benzene rings is 6. The Kier molecular flexibility index (Phi) is 6.85. The van der Waals surface area contributed by atoms with Crippen LogP contribution in [-0.4, -0.2) is 15.1 Å². The average Bonchev–Trinajstić information content (AvgIpc) is 3.10. The summed E-state index contributed by atoms with van der Waals surface area (Å²) in [6, 6.07) is 31.9. The lowest BCUT2D eigenvalue weighted by molar-refractivity contribution is -0.143. The molecule has 8 rings (SSSR count). The molecule has 0 spiro atoms. The maximum absolute atomic E-state index is 14.0. The second-order valence-corrected chi connectivity index (χ2v) is 11.8. The fourth-order valence-electron chi connectivity index (χ4n) is 6.55. The quantitative estimate of drug-likeness (QED) is 0.152. The van der Waals surface area contributed by atoms with Crippen LogP contribution in [0.3, 0.4) is 0 Å². The molecule has 2 aromatic heterocycles. The van der Waals surface area contributed by atoms with E-state index < -0.39 is 23.5 Å². The van der Waals surface area contributed by atoms with Crippen LogP contribution < -0.4 is 0 Å². The second kappa shape index (κ2) is 11.1. The Balaban J connectivity index is 1.48. The summed E-state index contributed by atoms with van der Waals surface area (Å²) in [5.74, 6) is -0.223. The second-order valence-electron chi connectivity index (χ2n) is 11.8. The van der Waals surface area contributed by atoms with Crippen molar-refractivity contribution >= 4 is 43.4 Å². The van der Waals surface area contributed by atoms with Gasteiger partial charge in [0.25, 0.3) is 0 Å². The number of phenols is 1. The van der Waals surface area contributed by atoms with Gasteiger partial charge in [-0.25, -0.2) is 4.98 Å². The fourth-order valence-corrected chi connectivity index (χ4v) is 6.55. The molecule has 3 nitrogen and oxygen atoms in total. The first-order chi connectivity index (χ1) is 23.5. The van der Waals surface area contributed by atoms with E-state index in [0.717, 1.165) is 22.9 Å². The molecule has 240 valence electrons. The van der Waals surface area contributed by atoms with E-state index in [1.54, 1.807) is 60.8 Å². The molecule has 2 heterocycles. The summed E-state index contributed by atoms with van der Waals surface area (Å²) < 4.78 is 84.2. The van der Waals surface area contributed by atoms with Gasteiger partial charge in [-0.15, -0.1) is 0 Å². The number of phenolic OH excluding ortho intramolecular Hbond substituents is 1. The lowest BCUT2D eigenvalue weighted by Gasteiger charge is -2.21. The summed E-state index contributed by atoms with van der Waals surface area (Å²) in [5, 5.41) is 16.4. The molecule has 0 amide bonds. The number of halogens is 6. The Morgan fingerprint density at radius 1 is 0.490 bits per heavy atom. The maximum Gasteiger partial charge on any atom is 0.416 e. The van der Waals surface area contributed by atoms with E-state index in [2.05, 4.69) is 4.98 Å². The van der Waals surface area contributed by atoms with Crippen LogP contribution in [0.2, 0.25) is 0 Å². The topological polar surface area (TPSA) is 46.0 Å². The molecule has 0 atom stereocenters. The van der Waals surface area contributed by atoms with Gasteiger partial charge in [0.15, 0.2) is 0 Å². The number of hydrogen-bond donors (Lipinski definition) is 1. The minimum absolute atomic E-state index is 0.0922. The van der Waals surface area contributed by atoms with Gasteiger partial charge in [0, 0.05) is 33.7 Å². The van der Waals surface area contributed by atoms with Crippen LogP contribution >= 0.6 is 0 Å². The van der Waals surface area contributed by atoms with Gasteiger partial charge >= 0.3 is 12.4 Å². The summed E-state index contributed by atoms with van der Waals surface area (Å²) in [4.78, 5) is 9.45. The van der Waals surface area contributed by atoms with E-state index in [9.17, 15) is 31.4 Å². The number of hydrogen-bond acceptors (Lipinski definition) is 3. The Labute approximate surface area is 274 Å². The maximum atomic E-state index is 14.0. The molecule has 0 aliphatic heterocycles. The number of aromatic hydroxyl groups is 1. The first kappa shape index (κ1) is 30.4. The normalized spacial score (nSPS) is 12.4. The number of fused-ring (bicyclic) bond motifs is 5. The van der Waals surface area contributed by atoms with Gasteiger partial charge < -0.3 is 5.11 Å². The van der Waals surface area contributed by atoms with Gasteiger partial charge in [0.1, 0.15) is 5.75 Å². The van der Waals surface area contributed by atoms with Crippen molar-refractivity contribution in [3.63, 3.8) is 0 Å². The number of nitrogens with zero attached hydrogens (tertiary/aromatic N) is 2. The first-order valence-electron chi connectivity index (χ1n) is 15.2. The average molecular weight is 661 g/mol. The third-order valence-electron chi connectivity index (χ3n) is 8.81. The lowest BCUT2D eigenvalue weighted by atomic mass is 9.84. The zero-order valence-electron chi connectivity index (χ0n) is 25.2. The molecule has 0 saturated carbocycles. The van der Waals surface area contributed by atoms with Gasteiger partial charge in [-0.3, -0.25) is 4.98 Å². The number of alkyl halides is 6. The first-order valence-corrected chi connectivity index (χ1v) is 15.2. The van der Waals surface area contributed by atoms with E-state index in [1.165, 1.54) is 6.07 Å². The molecule has 49 heavy (non-hydrogen) atoms. The predicted octanol–water partition coefficient (Wildman–Crippen LogP) is 11.8. The number of rotatable bonds is 3. The van der Waals surface area contributed by atoms with Gasteiger partial charge in [-0.05, 0) is 69.1 Å². The zero-order chi connectivity index (χ0) is 34.1. The Hall–Kier alpha value is -5.96. The summed E-state index contributed by atoms with van der Waals surface area (Å²) in [7, 11) is 0. The van der Waals surface area contributed by atoms with Crippen molar-refractivity contribution < 1.29 is 31.4 Å². The monoisotopic (exact) mass is 660 g/mol. The molecule has 8 aromatic rings. The number of pyridine rings is 2. The van der Waals surface area contributed by atoms with Crippen LogP contribution in [0.15, 0.2) is 128 Å². The highest BCUT2D eigenvalue weighted by atomic mass is 19.4. The van der Waals surface area contributed by atoms with Crippen LogP contribution in [0.5, 0.6) is 5.75 Å². The minimum atomic E-state index is -5.04. The molecule has 0 fully saturated rings.